The van der Waals surface area contributed by atoms with E-state index in [2.05, 4.69) is 24.1 Å². The smallest absolute Gasteiger partial charge is 0.167 e. The molecule has 0 unspecified atom stereocenters. The van der Waals surface area contributed by atoms with Gasteiger partial charge in [0.05, 0.1) is 17.5 Å². The molecule has 0 aliphatic rings. The van der Waals surface area contributed by atoms with Gasteiger partial charge in [-0.2, -0.15) is 0 Å². The molecule has 1 rings (SSSR count). The molecule has 1 aromatic rings. The maximum atomic E-state index is 13.8. The largest absolute Gasteiger partial charge is 0.488 e. The molecule has 20 heavy (non-hydrogen) atoms. The van der Waals surface area contributed by atoms with Gasteiger partial charge in [0.25, 0.3) is 0 Å². The van der Waals surface area contributed by atoms with Gasteiger partial charge in [-0.3, -0.25) is 0 Å². The van der Waals surface area contributed by atoms with Gasteiger partial charge in [0.15, 0.2) is 11.6 Å². The molecule has 0 bridgehead atoms. The van der Waals surface area contributed by atoms with Crippen LogP contribution in [0.3, 0.4) is 0 Å². The minimum absolute atomic E-state index is 0.0418. The number of rotatable bonds is 6. The Balaban J connectivity index is 2.90. The second-order valence-electron chi connectivity index (χ2n) is 6.10. The third-order valence-corrected chi connectivity index (χ3v) is 3.39. The van der Waals surface area contributed by atoms with Crippen LogP contribution >= 0.6 is 0 Å². The number of hydrogen-bond donors (Lipinski definition) is 2. The van der Waals surface area contributed by atoms with E-state index in [4.69, 9.17) is 10.5 Å². The van der Waals surface area contributed by atoms with Gasteiger partial charge in [-0.15, -0.1) is 0 Å². The Kier molecular flexibility index (Phi) is 5.22. The van der Waals surface area contributed by atoms with Gasteiger partial charge in [-0.1, -0.05) is 0 Å². The Bertz CT molecular complexity index is 459. The van der Waals surface area contributed by atoms with E-state index < -0.39 is 5.82 Å². The zero-order valence-corrected chi connectivity index (χ0v) is 13.2. The zero-order valence-electron chi connectivity index (χ0n) is 13.2. The van der Waals surface area contributed by atoms with Gasteiger partial charge in [0.1, 0.15) is 0 Å². The second kappa shape index (κ2) is 6.31. The number of ether oxygens (including phenoxy) is 1. The summed E-state index contributed by atoms with van der Waals surface area (Å²) in [5, 5.41) is 3.26. The minimum Gasteiger partial charge on any atom is -0.488 e. The quantitative estimate of drug-likeness (QED) is 0.788. The monoisotopic (exact) mass is 283 g/mol. The molecule has 0 atom stereocenters. The highest BCUT2D eigenvalue weighted by Crippen LogP contribution is 2.29. The maximum absolute atomic E-state index is 13.8. The molecule has 1 aromatic carbocycles. The molecule has 0 saturated heterocycles. The van der Waals surface area contributed by atoms with Gasteiger partial charge in [0.2, 0.25) is 0 Å². The third-order valence-electron chi connectivity index (χ3n) is 3.39. The topological polar surface area (TPSA) is 50.5 Å². The summed E-state index contributed by atoms with van der Waals surface area (Å²) in [6, 6.07) is 2.92. The molecule has 0 fully saturated rings. The van der Waals surface area contributed by atoms with Crippen LogP contribution in [0.4, 0.5) is 15.8 Å². The lowest BCUT2D eigenvalue weighted by Crippen LogP contribution is -2.44. The lowest BCUT2D eigenvalue weighted by atomic mass is 10.0. The maximum Gasteiger partial charge on any atom is 0.167 e. The first kappa shape index (κ1) is 16.6. The third kappa shape index (κ3) is 4.27. The number of nitrogens with one attached hydrogen (secondary N) is 1. The molecule has 0 heterocycles. The van der Waals surface area contributed by atoms with E-state index in [0.717, 1.165) is 0 Å². The fraction of sp³-hybridized carbons (Fsp3) is 0.600. The summed E-state index contributed by atoms with van der Waals surface area (Å²) in [5.74, 6) is -0.215. The number of benzene rings is 1. The zero-order chi connectivity index (χ0) is 15.5. The second-order valence-corrected chi connectivity index (χ2v) is 6.10. The fourth-order valence-electron chi connectivity index (χ4n) is 1.54. The molecule has 5 heteroatoms. The van der Waals surface area contributed by atoms with Crippen molar-refractivity contribution < 1.29 is 9.13 Å². The SMILES string of the molecule is CC(C)Oc1cc(NCC(C)(C)N(C)C)c(N)cc1F. The molecule has 0 spiro atoms. The molecule has 3 N–H and O–H groups in total. The van der Waals surface area contributed by atoms with E-state index >= 15 is 0 Å². The van der Waals surface area contributed by atoms with Crippen LogP contribution < -0.4 is 15.8 Å². The van der Waals surface area contributed by atoms with E-state index in [9.17, 15) is 4.39 Å². The molecule has 0 saturated carbocycles. The predicted octanol–water partition coefficient (Wildman–Crippen LogP) is 2.95. The average molecular weight is 283 g/mol. The number of nitrogens with two attached hydrogens (primary N) is 1. The number of nitrogens with zero attached hydrogens (tertiary/aromatic N) is 1. The van der Waals surface area contributed by atoms with Crippen molar-refractivity contribution >= 4 is 11.4 Å². The lowest BCUT2D eigenvalue weighted by molar-refractivity contribution is 0.210. The summed E-state index contributed by atoms with van der Waals surface area (Å²) < 4.78 is 19.2. The van der Waals surface area contributed by atoms with Crippen LogP contribution in [0.15, 0.2) is 12.1 Å². The standard InChI is InChI=1S/C15H26FN3O/c1-10(2)20-14-8-13(12(17)7-11(14)16)18-9-15(3,4)19(5)6/h7-8,10,18H,9,17H2,1-6H3. The molecule has 0 aliphatic heterocycles. The van der Waals surface area contributed by atoms with E-state index in [1.165, 1.54) is 6.07 Å². The van der Waals surface area contributed by atoms with E-state index in [1.807, 2.05) is 27.9 Å². The van der Waals surface area contributed by atoms with Crippen molar-refractivity contribution in [2.45, 2.75) is 39.3 Å². The summed E-state index contributed by atoms with van der Waals surface area (Å²) in [4.78, 5) is 2.12. The van der Waals surface area contributed by atoms with Crippen molar-refractivity contribution in [3.63, 3.8) is 0 Å². The predicted molar refractivity (Wildman–Crippen MR) is 82.8 cm³/mol. The molecule has 0 amide bonds. The number of hydrogen-bond acceptors (Lipinski definition) is 4. The first-order valence-electron chi connectivity index (χ1n) is 6.80. The minimum atomic E-state index is -0.436. The van der Waals surface area contributed by atoms with Crippen molar-refractivity contribution in [2.24, 2.45) is 0 Å². The van der Waals surface area contributed by atoms with Gasteiger partial charge in [0, 0.05) is 24.2 Å². The molecule has 0 aromatic heterocycles. The Labute approximate surface area is 121 Å². The highest BCUT2D eigenvalue weighted by atomic mass is 19.1. The first-order chi connectivity index (χ1) is 9.13. The van der Waals surface area contributed by atoms with E-state index in [-0.39, 0.29) is 17.4 Å². The molecule has 0 aliphatic carbocycles. The lowest BCUT2D eigenvalue weighted by Gasteiger charge is -2.33. The van der Waals surface area contributed by atoms with Gasteiger partial charge in [-0.05, 0) is 41.8 Å². The van der Waals surface area contributed by atoms with Crippen molar-refractivity contribution in [1.29, 1.82) is 0 Å². The van der Waals surface area contributed by atoms with Crippen LogP contribution in [0.1, 0.15) is 27.7 Å². The number of anilines is 2. The summed E-state index contributed by atoms with van der Waals surface area (Å²) in [6.07, 6.45) is -0.0841. The van der Waals surface area contributed by atoms with Crippen LogP contribution in [0.25, 0.3) is 0 Å². The summed E-state index contributed by atoms with van der Waals surface area (Å²) in [7, 11) is 4.03. The van der Waals surface area contributed by atoms with Crippen LogP contribution in [-0.4, -0.2) is 37.2 Å². The Morgan fingerprint density at radius 1 is 1.35 bits per heavy atom. The Morgan fingerprint density at radius 2 is 1.95 bits per heavy atom. The molecular formula is C15H26FN3O. The van der Waals surface area contributed by atoms with Gasteiger partial charge < -0.3 is 20.7 Å². The number of nitrogen functional groups attached to an aromatic ring is 1. The normalized spacial score (nSPS) is 12.1. The van der Waals surface area contributed by atoms with Crippen LogP contribution in [0, 0.1) is 5.82 Å². The van der Waals surface area contributed by atoms with Crippen molar-refractivity contribution in [3.05, 3.63) is 17.9 Å². The van der Waals surface area contributed by atoms with Crippen molar-refractivity contribution in [1.82, 2.24) is 4.90 Å². The Morgan fingerprint density at radius 3 is 2.45 bits per heavy atom. The highest BCUT2D eigenvalue weighted by Gasteiger charge is 2.20. The summed E-state index contributed by atoms with van der Waals surface area (Å²) in [6.45, 7) is 8.64. The summed E-state index contributed by atoms with van der Waals surface area (Å²) >= 11 is 0. The number of likely N-dealkylation sites (N-methyl/N-ethyl adjacent to an activating group) is 1. The van der Waals surface area contributed by atoms with Crippen molar-refractivity contribution in [2.75, 3.05) is 31.7 Å². The highest BCUT2D eigenvalue weighted by molar-refractivity contribution is 5.68. The average Bonchev–Trinajstić information content (AvgIpc) is 2.30. The fourth-order valence-corrected chi connectivity index (χ4v) is 1.54. The van der Waals surface area contributed by atoms with E-state index in [1.54, 1.807) is 6.07 Å². The molecule has 4 nitrogen and oxygen atoms in total. The van der Waals surface area contributed by atoms with Crippen LogP contribution in [-0.2, 0) is 0 Å². The Hall–Kier alpha value is -1.49. The molecular weight excluding hydrogens is 257 g/mol. The summed E-state index contributed by atoms with van der Waals surface area (Å²) in [5.41, 5.74) is 6.89. The first-order valence-corrected chi connectivity index (χ1v) is 6.80. The van der Waals surface area contributed by atoms with E-state index in [0.29, 0.717) is 17.9 Å². The van der Waals surface area contributed by atoms with Gasteiger partial charge >= 0.3 is 0 Å². The molecule has 114 valence electrons. The van der Waals surface area contributed by atoms with Crippen molar-refractivity contribution in [3.8, 4) is 5.75 Å². The van der Waals surface area contributed by atoms with Crippen LogP contribution in [0.2, 0.25) is 0 Å². The van der Waals surface area contributed by atoms with Crippen LogP contribution in [0.5, 0.6) is 5.75 Å². The van der Waals surface area contributed by atoms with Gasteiger partial charge in [-0.25, -0.2) is 4.39 Å². The molecule has 0 radical (unpaired) electrons. The number of halogens is 1.